The van der Waals surface area contributed by atoms with Crippen molar-refractivity contribution in [3.8, 4) is 0 Å². The van der Waals surface area contributed by atoms with Gasteiger partial charge < -0.3 is 9.74 Å². The molecule has 0 aliphatic heterocycles. The molecule has 0 N–H and O–H groups in total. The minimum Gasteiger partial charge on any atom is -0.391 e. The molecule has 0 aliphatic rings. The fourth-order valence-corrected chi connectivity index (χ4v) is 2.32. The number of nitrogens with zero attached hydrogens (tertiary/aromatic N) is 3. The molecular weight excluding hydrogens is 355 g/mol. The number of rotatable bonds is 6. The number of aryl methyl sites for hydroxylation is 2. The van der Waals surface area contributed by atoms with Crippen molar-refractivity contribution in [2.75, 3.05) is 14.1 Å². The van der Waals surface area contributed by atoms with Gasteiger partial charge in [0.2, 0.25) is 0 Å². The van der Waals surface area contributed by atoms with E-state index in [4.69, 9.17) is 4.84 Å². The van der Waals surface area contributed by atoms with E-state index >= 15 is 0 Å². The number of halogens is 3. The zero-order valence-electron chi connectivity index (χ0n) is 15.7. The summed E-state index contributed by atoms with van der Waals surface area (Å²) in [5.74, 6) is 0. The van der Waals surface area contributed by atoms with E-state index in [9.17, 15) is 13.2 Å². The number of alkyl halides is 3. The summed E-state index contributed by atoms with van der Waals surface area (Å²) in [5, 5.41) is 3.88. The van der Waals surface area contributed by atoms with Crippen LogP contribution in [-0.4, -0.2) is 31.5 Å². The van der Waals surface area contributed by atoms with Gasteiger partial charge in [-0.2, -0.15) is 13.2 Å². The van der Waals surface area contributed by atoms with E-state index in [-0.39, 0.29) is 6.61 Å². The molecule has 0 heterocycles. The molecule has 0 fully saturated rings. The first-order valence-electron chi connectivity index (χ1n) is 8.30. The molecule has 0 aromatic heterocycles. The molecule has 0 saturated heterocycles. The van der Waals surface area contributed by atoms with Gasteiger partial charge in [0.05, 0.1) is 23.8 Å². The molecule has 0 radical (unpaired) electrons. The van der Waals surface area contributed by atoms with Crippen LogP contribution >= 0.6 is 0 Å². The number of benzene rings is 2. The summed E-state index contributed by atoms with van der Waals surface area (Å²) in [5.41, 5.74) is 3.38. The maximum atomic E-state index is 12.7. The molecule has 0 bridgehead atoms. The van der Waals surface area contributed by atoms with Crippen LogP contribution in [0.25, 0.3) is 0 Å². The summed E-state index contributed by atoms with van der Waals surface area (Å²) in [7, 11) is 3.79. The van der Waals surface area contributed by atoms with Gasteiger partial charge in [-0.05, 0) is 60.4 Å². The highest BCUT2D eigenvalue weighted by atomic mass is 19.4. The zero-order valence-corrected chi connectivity index (χ0v) is 15.7. The summed E-state index contributed by atoms with van der Waals surface area (Å²) in [6, 6.07) is 8.89. The van der Waals surface area contributed by atoms with Gasteiger partial charge >= 0.3 is 6.18 Å². The van der Waals surface area contributed by atoms with Crippen LogP contribution in [0.3, 0.4) is 0 Å². The highest BCUT2D eigenvalue weighted by Gasteiger charge is 2.30. The van der Waals surface area contributed by atoms with Gasteiger partial charge in [0.1, 0.15) is 6.61 Å². The molecule has 0 atom stereocenters. The Labute approximate surface area is 157 Å². The lowest BCUT2D eigenvalue weighted by atomic mass is 10.0. The number of aliphatic imine (C=N–C) groups is 1. The van der Waals surface area contributed by atoms with E-state index in [1.165, 1.54) is 6.07 Å². The largest absolute Gasteiger partial charge is 0.416 e. The van der Waals surface area contributed by atoms with Crippen LogP contribution < -0.4 is 0 Å². The molecule has 4 nitrogen and oxygen atoms in total. The number of oxime groups is 1. The third-order valence-corrected chi connectivity index (χ3v) is 3.76. The first kappa shape index (κ1) is 20.5. The molecule has 0 amide bonds. The van der Waals surface area contributed by atoms with E-state index < -0.39 is 11.7 Å². The summed E-state index contributed by atoms with van der Waals surface area (Å²) in [6.45, 7) is 3.84. The maximum Gasteiger partial charge on any atom is 0.416 e. The molecule has 0 unspecified atom stereocenters. The second-order valence-corrected chi connectivity index (χ2v) is 6.41. The number of hydrogen-bond acceptors (Lipinski definition) is 3. The van der Waals surface area contributed by atoms with E-state index in [1.807, 2.05) is 45.0 Å². The van der Waals surface area contributed by atoms with Crippen LogP contribution in [0.1, 0.15) is 27.8 Å². The minimum absolute atomic E-state index is 0.0380. The molecule has 144 valence electrons. The smallest absolute Gasteiger partial charge is 0.391 e. The van der Waals surface area contributed by atoms with Crippen molar-refractivity contribution in [2.45, 2.75) is 26.6 Å². The van der Waals surface area contributed by atoms with Crippen molar-refractivity contribution < 1.29 is 18.0 Å². The Bertz CT molecular complexity index is 843. The topological polar surface area (TPSA) is 37.2 Å². The van der Waals surface area contributed by atoms with Crippen LogP contribution in [0.5, 0.6) is 0 Å². The Hall–Kier alpha value is -2.83. The summed E-state index contributed by atoms with van der Waals surface area (Å²) in [6.07, 6.45) is -1.09. The molecular formula is C20H22F3N3O. The Balaban J connectivity index is 2.04. The van der Waals surface area contributed by atoms with Crippen molar-refractivity contribution in [3.05, 3.63) is 64.2 Å². The predicted octanol–water partition coefficient (Wildman–Crippen LogP) is 5.09. The van der Waals surface area contributed by atoms with E-state index in [0.717, 1.165) is 34.5 Å². The quantitative estimate of drug-likeness (QED) is 0.399. The van der Waals surface area contributed by atoms with Crippen molar-refractivity contribution in [2.24, 2.45) is 10.1 Å². The SMILES string of the molecule is Cc1cc(N=CN(C)C)c(C)cc1C=NOCc1cccc(C(F)(F)F)c1. The maximum absolute atomic E-state index is 12.7. The lowest BCUT2D eigenvalue weighted by Gasteiger charge is -2.08. The summed E-state index contributed by atoms with van der Waals surface area (Å²) >= 11 is 0. The van der Waals surface area contributed by atoms with Crippen LogP contribution in [0, 0.1) is 13.8 Å². The Morgan fingerprint density at radius 3 is 2.48 bits per heavy atom. The van der Waals surface area contributed by atoms with Gasteiger partial charge in [0, 0.05) is 14.1 Å². The molecule has 2 aromatic carbocycles. The summed E-state index contributed by atoms with van der Waals surface area (Å²) in [4.78, 5) is 11.4. The third-order valence-electron chi connectivity index (χ3n) is 3.76. The second-order valence-electron chi connectivity index (χ2n) is 6.41. The molecule has 0 aliphatic carbocycles. The second kappa shape index (κ2) is 8.70. The molecule has 0 spiro atoms. The average molecular weight is 377 g/mol. The van der Waals surface area contributed by atoms with Crippen molar-refractivity contribution in [3.63, 3.8) is 0 Å². The molecule has 27 heavy (non-hydrogen) atoms. The van der Waals surface area contributed by atoms with Crippen molar-refractivity contribution in [1.82, 2.24) is 4.90 Å². The highest BCUT2D eigenvalue weighted by Crippen LogP contribution is 2.29. The zero-order chi connectivity index (χ0) is 20.0. The molecule has 7 heteroatoms. The van der Waals surface area contributed by atoms with E-state index in [1.54, 1.807) is 18.6 Å². The van der Waals surface area contributed by atoms with Gasteiger partial charge in [-0.3, -0.25) is 0 Å². The Morgan fingerprint density at radius 2 is 1.81 bits per heavy atom. The minimum atomic E-state index is -4.37. The van der Waals surface area contributed by atoms with Gasteiger partial charge in [-0.15, -0.1) is 0 Å². The molecule has 2 aromatic rings. The average Bonchev–Trinajstić information content (AvgIpc) is 2.59. The number of hydrogen-bond donors (Lipinski definition) is 0. The monoisotopic (exact) mass is 377 g/mol. The van der Waals surface area contributed by atoms with Gasteiger partial charge in [-0.25, -0.2) is 4.99 Å². The standard InChI is InChI=1S/C20H22F3N3O/c1-14-9-19(24-13-26(3)4)15(2)8-17(14)11-25-27-12-16-6-5-7-18(10-16)20(21,22)23/h5-11,13H,12H2,1-4H3. The fraction of sp³-hybridized carbons (Fsp3) is 0.300. The fourth-order valence-electron chi connectivity index (χ4n) is 2.32. The lowest BCUT2D eigenvalue weighted by Crippen LogP contribution is -2.07. The van der Waals surface area contributed by atoms with Crippen LogP contribution in [0.15, 0.2) is 46.5 Å². The van der Waals surface area contributed by atoms with Crippen LogP contribution in [0.4, 0.5) is 18.9 Å². The normalized spacial score (nSPS) is 12.1. The van der Waals surface area contributed by atoms with Crippen molar-refractivity contribution in [1.29, 1.82) is 0 Å². The van der Waals surface area contributed by atoms with Crippen LogP contribution in [0.2, 0.25) is 0 Å². The molecule has 0 saturated carbocycles. The van der Waals surface area contributed by atoms with E-state index in [0.29, 0.717) is 5.56 Å². The van der Waals surface area contributed by atoms with E-state index in [2.05, 4.69) is 10.1 Å². The lowest BCUT2D eigenvalue weighted by molar-refractivity contribution is -0.137. The molecule has 2 rings (SSSR count). The summed E-state index contributed by atoms with van der Waals surface area (Å²) < 4.78 is 38.1. The first-order valence-corrected chi connectivity index (χ1v) is 8.30. The van der Waals surface area contributed by atoms with Gasteiger partial charge in [-0.1, -0.05) is 17.3 Å². The van der Waals surface area contributed by atoms with Crippen molar-refractivity contribution >= 4 is 18.2 Å². The van der Waals surface area contributed by atoms with Gasteiger partial charge in [0.15, 0.2) is 0 Å². The predicted molar refractivity (Wildman–Crippen MR) is 102 cm³/mol. The highest BCUT2D eigenvalue weighted by molar-refractivity contribution is 5.83. The Kier molecular flexibility index (Phi) is 6.60. The Morgan fingerprint density at radius 1 is 1.07 bits per heavy atom. The third kappa shape index (κ3) is 6.13. The van der Waals surface area contributed by atoms with Gasteiger partial charge in [0.25, 0.3) is 0 Å². The van der Waals surface area contributed by atoms with Crippen LogP contribution in [-0.2, 0) is 17.6 Å². The first-order chi connectivity index (χ1) is 12.7.